The molecule has 5 nitrogen and oxygen atoms in total. The van der Waals surface area contributed by atoms with Crippen molar-refractivity contribution in [3.05, 3.63) is 47.7 Å². The van der Waals surface area contributed by atoms with E-state index < -0.39 is 17.6 Å². The van der Waals surface area contributed by atoms with Gasteiger partial charge in [-0.1, -0.05) is 6.07 Å². The average Bonchev–Trinajstić information content (AvgIpc) is 3.14. The zero-order chi connectivity index (χ0) is 19.4. The van der Waals surface area contributed by atoms with Crippen LogP contribution in [-0.4, -0.2) is 42.0 Å². The third kappa shape index (κ3) is 4.57. The molecule has 0 bridgehead atoms. The second kappa shape index (κ2) is 7.96. The van der Waals surface area contributed by atoms with Crippen LogP contribution >= 0.6 is 0 Å². The highest BCUT2D eigenvalue weighted by atomic mass is 19.4. The van der Waals surface area contributed by atoms with E-state index in [4.69, 9.17) is 10.5 Å². The Labute approximate surface area is 154 Å². The van der Waals surface area contributed by atoms with Crippen molar-refractivity contribution in [3.63, 3.8) is 0 Å². The minimum atomic E-state index is -4.54. The fraction of sp³-hybridized carbons (Fsp3) is 0.368. The van der Waals surface area contributed by atoms with Crippen LogP contribution in [0.2, 0.25) is 0 Å². The number of halogens is 3. The summed E-state index contributed by atoms with van der Waals surface area (Å²) in [4.78, 5) is 17.8. The van der Waals surface area contributed by atoms with Gasteiger partial charge in [0.2, 0.25) is 0 Å². The van der Waals surface area contributed by atoms with Gasteiger partial charge >= 0.3 is 6.18 Å². The van der Waals surface area contributed by atoms with Gasteiger partial charge in [-0.05, 0) is 50.2 Å². The lowest BCUT2D eigenvalue weighted by molar-refractivity contribution is -0.139. The largest absolute Gasteiger partial charge is 0.492 e. The van der Waals surface area contributed by atoms with Crippen LogP contribution in [-0.2, 0) is 6.18 Å². The van der Waals surface area contributed by atoms with Gasteiger partial charge in [-0.2, -0.15) is 13.2 Å². The molecule has 144 valence electrons. The lowest BCUT2D eigenvalue weighted by Gasteiger charge is -2.18. The molecule has 2 N–H and O–H groups in total. The van der Waals surface area contributed by atoms with Gasteiger partial charge in [-0.15, -0.1) is 0 Å². The Morgan fingerprint density at radius 3 is 2.63 bits per heavy atom. The van der Waals surface area contributed by atoms with Crippen LogP contribution in [0.3, 0.4) is 0 Å². The SMILES string of the molecule is NC(=O)c1cccnc1-c1ccc(C(F)(F)F)c(OCCN2CCCC2)c1. The van der Waals surface area contributed by atoms with Crippen molar-refractivity contribution in [3.8, 4) is 17.0 Å². The predicted octanol–water partition coefficient (Wildman–Crippen LogP) is 3.34. The highest BCUT2D eigenvalue weighted by molar-refractivity contribution is 5.98. The number of aromatic nitrogens is 1. The Morgan fingerprint density at radius 1 is 1.22 bits per heavy atom. The molecule has 1 saturated heterocycles. The summed E-state index contributed by atoms with van der Waals surface area (Å²) in [5, 5.41) is 0. The predicted molar refractivity (Wildman–Crippen MR) is 94.4 cm³/mol. The van der Waals surface area contributed by atoms with Crippen LogP contribution in [0.25, 0.3) is 11.3 Å². The highest BCUT2D eigenvalue weighted by Crippen LogP contribution is 2.38. The van der Waals surface area contributed by atoms with Crippen molar-refractivity contribution in [2.45, 2.75) is 19.0 Å². The van der Waals surface area contributed by atoms with E-state index in [1.165, 1.54) is 24.4 Å². The van der Waals surface area contributed by atoms with Gasteiger partial charge in [0, 0.05) is 18.3 Å². The summed E-state index contributed by atoms with van der Waals surface area (Å²) in [5.41, 5.74) is 5.19. The second-order valence-electron chi connectivity index (χ2n) is 6.37. The average molecular weight is 379 g/mol. The molecule has 1 aliphatic rings. The topological polar surface area (TPSA) is 68.5 Å². The summed E-state index contributed by atoms with van der Waals surface area (Å²) in [6.45, 7) is 2.59. The standard InChI is InChI=1S/C19H20F3N3O2/c20-19(21,22)15-6-5-13(17-14(18(23)26)4-3-7-24-17)12-16(15)27-11-10-25-8-1-2-9-25/h3-7,12H,1-2,8-11H2,(H2,23,26). The maximum Gasteiger partial charge on any atom is 0.419 e. The first-order valence-electron chi connectivity index (χ1n) is 8.68. The van der Waals surface area contributed by atoms with Crippen molar-refractivity contribution in [1.29, 1.82) is 0 Å². The fourth-order valence-corrected chi connectivity index (χ4v) is 3.15. The minimum absolute atomic E-state index is 0.139. The van der Waals surface area contributed by atoms with Crippen molar-refractivity contribution in [1.82, 2.24) is 9.88 Å². The molecule has 27 heavy (non-hydrogen) atoms. The molecule has 0 atom stereocenters. The molecule has 1 aliphatic heterocycles. The number of alkyl halides is 3. The van der Waals surface area contributed by atoms with Gasteiger partial charge < -0.3 is 10.5 Å². The normalized spacial score (nSPS) is 15.1. The molecule has 3 rings (SSSR count). The Morgan fingerprint density at radius 2 is 1.96 bits per heavy atom. The summed E-state index contributed by atoms with van der Waals surface area (Å²) in [6, 6.07) is 6.50. The number of likely N-dealkylation sites (tertiary alicyclic amines) is 1. The molecule has 1 fully saturated rings. The van der Waals surface area contributed by atoms with Gasteiger partial charge in [-0.25, -0.2) is 0 Å². The number of pyridine rings is 1. The molecule has 8 heteroatoms. The zero-order valence-electron chi connectivity index (χ0n) is 14.6. The number of nitrogens with two attached hydrogens (primary N) is 1. The van der Waals surface area contributed by atoms with Crippen LogP contribution in [0.5, 0.6) is 5.75 Å². The maximum atomic E-state index is 13.3. The molecule has 0 aliphatic carbocycles. The maximum absolute atomic E-state index is 13.3. The van der Waals surface area contributed by atoms with E-state index in [0.717, 1.165) is 32.0 Å². The Kier molecular flexibility index (Phi) is 5.65. The molecular weight excluding hydrogens is 359 g/mol. The van der Waals surface area contributed by atoms with Gasteiger partial charge in [0.05, 0.1) is 16.8 Å². The summed E-state index contributed by atoms with van der Waals surface area (Å²) in [6.07, 6.45) is -0.900. The third-order valence-corrected chi connectivity index (χ3v) is 4.50. The number of hydrogen-bond donors (Lipinski definition) is 1. The minimum Gasteiger partial charge on any atom is -0.492 e. The summed E-state index contributed by atoms with van der Waals surface area (Å²) in [7, 11) is 0. The number of ether oxygens (including phenoxy) is 1. The number of benzene rings is 1. The summed E-state index contributed by atoms with van der Waals surface area (Å²) < 4.78 is 45.5. The number of carbonyl (C=O) groups is 1. The number of nitrogens with zero attached hydrogens (tertiary/aromatic N) is 2. The number of primary amides is 1. The van der Waals surface area contributed by atoms with Crippen LogP contribution in [0.1, 0.15) is 28.8 Å². The molecule has 1 aromatic carbocycles. The first-order chi connectivity index (χ1) is 12.9. The number of hydrogen-bond acceptors (Lipinski definition) is 4. The quantitative estimate of drug-likeness (QED) is 0.836. The van der Waals surface area contributed by atoms with E-state index in [-0.39, 0.29) is 23.6 Å². The van der Waals surface area contributed by atoms with E-state index in [2.05, 4.69) is 9.88 Å². The summed E-state index contributed by atoms with van der Waals surface area (Å²) >= 11 is 0. The monoisotopic (exact) mass is 379 g/mol. The third-order valence-electron chi connectivity index (χ3n) is 4.50. The van der Waals surface area contributed by atoms with Crippen LogP contribution in [0, 0.1) is 0 Å². The van der Waals surface area contributed by atoms with Gasteiger partial charge in [0.15, 0.2) is 0 Å². The molecular formula is C19H20F3N3O2. The van der Waals surface area contributed by atoms with Crippen LogP contribution in [0.4, 0.5) is 13.2 Å². The molecule has 0 radical (unpaired) electrons. The first kappa shape index (κ1) is 19.2. The van der Waals surface area contributed by atoms with Gasteiger partial charge in [-0.3, -0.25) is 14.7 Å². The molecule has 2 aromatic rings. The van der Waals surface area contributed by atoms with E-state index in [9.17, 15) is 18.0 Å². The Hall–Kier alpha value is -2.61. The number of amides is 1. The molecule has 0 spiro atoms. The Bertz CT molecular complexity index is 818. The smallest absolute Gasteiger partial charge is 0.419 e. The Balaban J connectivity index is 1.89. The summed E-state index contributed by atoms with van der Waals surface area (Å²) in [5.74, 6) is -0.977. The molecule has 1 aromatic heterocycles. The van der Waals surface area contributed by atoms with E-state index in [1.54, 1.807) is 6.07 Å². The second-order valence-corrected chi connectivity index (χ2v) is 6.37. The van der Waals surface area contributed by atoms with E-state index in [0.29, 0.717) is 12.1 Å². The van der Waals surface area contributed by atoms with Crippen molar-refractivity contribution in [2.24, 2.45) is 5.73 Å². The van der Waals surface area contributed by atoms with E-state index >= 15 is 0 Å². The van der Waals surface area contributed by atoms with Crippen molar-refractivity contribution in [2.75, 3.05) is 26.2 Å². The molecule has 0 saturated carbocycles. The molecule has 2 heterocycles. The van der Waals surface area contributed by atoms with Crippen LogP contribution in [0.15, 0.2) is 36.5 Å². The van der Waals surface area contributed by atoms with E-state index in [1.807, 2.05) is 0 Å². The molecule has 0 unspecified atom stereocenters. The number of carbonyl (C=O) groups excluding carboxylic acids is 1. The van der Waals surface area contributed by atoms with Crippen LogP contribution < -0.4 is 10.5 Å². The molecule has 1 amide bonds. The van der Waals surface area contributed by atoms with Crippen molar-refractivity contribution >= 4 is 5.91 Å². The lowest BCUT2D eigenvalue weighted by Crippen LogP contribution is -2.25. The highest BCUT2D eigenvalue weighted by Gasteiger charge is 2.34. The van der Waals surface area contributed by atoms with Crippen molar-refractivity contribution < 1.29 is 22.7 Å². The van der Waals surface area contributed by atoms with Gasteiger partial charge in [0.1, 0.15) is 12.4 Å². The fourth-order valence-electron chi connectivity index (χ4n) is 3.15. The number of rotatable bonds is 6. The first-order valence-corrected chi connectivity index (χ1v) is 8.68. The lowest BCUT2D eigenvalue weighted by atomic mass is 10.0. The zero-order valence-corrected chi connectivity index (χ0v) is 14.6. The van der Waals surface area contributed by atoms with Gasteiger partial charge in [0.25, 0.3) is 5.91 Å².